The van der Waals surface area contributed by atoms with Gasteiger partial charge in [-0.15, -0.1) is 0 Å². The zero-order valence-electron chi connectivity index (χ0n) is 12.9. The number of halogens is 1. The number of ether oxygens (including phenoxy) is 1. The Morgan fingerprint density at radius 1 is 1.09 bits per heavy atom. The van der Waals surface area contributed by atoms with E-state index in [2.05, 4.69) is 40.3 Å². The van der Waals surface area contributed by atoms with Crippen molar-refractivity contribution in [2.24, 2.45) is 5.92 Å². The molecular formula is C19H18BrNO2. The van der Waals surface area contributed by atoms with E-state index in [0.717, 1.165) is 35.2 Å². The summed E-state index contributed by atoms with van der Waals surface area (Å²) < 4.78 is 6.78. The highest BCUT2D eigenvalue weighted by molar-refractivity contribution is 9.10. The standard InChI is InChI=1S/C19H18BrNO2/c1-11-6-14-10-17(4-5-18(14)23-11)21-19(22)15-7-12-2-3-16(20)9-13(12)8-15/h2-5,9-11,15H,6-8H2,1H3,(H,21,22). The van der Waals surface area contributed by atoms with Crippen molar-refractivity contribution in [3.8, 4) is 5.75 Å². The Hall–Kier alpha value is -1.81. The molecule has 1 amide bonds. The van der Waals surface area contributed by atoms with Crippen LogP contribution in [0, 0.1) is 5.92 Å². The van der Waals surface area contributed by atoms with E-state index in [-0.39, 0.29) is 17.9 Å². The zero-order valence-corrected chi connectivity index (χ0v) is 14.5. The van der Waals surface area contributed by atoms with Crippen LogP contribution < -0.4 is 10.1 Å². The highest BCUT2D eigenvalue weighted by Crippen LogP contribution is 2.33. The van der Waals surface area contributed by atoms with E-state index in [9.17, 15) is 4.79 Å². The Morgan fingerprint density at radius 2 is 1.91 bits per heavy atom. The molecule has 1 N–H and O–H groups in total. The van der Waals surface area contributed by atoms with Crippen LogP contribution in [0.3, 0.4) is 0 Å². The molecule has 0 saturated carbocycles. The lowest BCUT2D eigenvalue weighted by molar-refractivity contribution is -0.119. The zero-order chi connectivity index (χ0) is 16.0. The first-order valence-electron chi connectivity index (χ1n) is 7.96. The molecule has 0 bridgehead atoms. The molecule has 0 saturated heterocycles. The fourth-order valence-corrected chi connectivity index (χ4v) is 3.92. The maximum atomic E-state index is 12.6. The highest BCUT2D eigenvalue weighted by Gasteiger charge is 2.28. The van der Waals surface area contributed by atoms with Gasteiger partial charge in [0.15, 0.2) is 0 Å². The quantitative estimate of drug-likeness (QED) is 0.861. The predicted octanol–water partition coefficient (Wildman–Crippen LogP) is 4.13. The second-order valence-corrected chi connectivity index (χ2v) is 7.38. The Labute approximate surface area is 144 Å². The second-order valence-electron chi connectivity index (χ2n) is 6.46. The molecule has 1 aliphatic heterocycles. The molecule has 2 aromatic carbocycles. The number of amides is 1. The SMILES string of the molecule is CC1Cc2cc(NC(=O)C3Cc4ccc(Br)cc4C3)ccc2O1. The summed E-state index contributed by atoms with van der Waals surface area (Å²) in [5, 5.41) is 3.07. The van der Waals surface area contributed by atoms with E-state index in [1.165, 1.54) is 16.7 Å². The van der Waals surface area contributed by atoms with E-state index in [0.29, 0.717) is 0 Å². The van der Waals surface area contributed by atoms with Crippen molar-refractivity contribution >= 4 is 27.5 Å². The molecule has 0 fully saturated rings. The third kappa shape index (κ3) is 2.88. The van der Waals surface area contributed by atoms with Crippen LogP contribution in [0.15, 0.2) is 40.9 Å². The van der Waals surface area contributed by atoms with Gasteiger partial charge in [-0.2, -0.15) is 0 Å². The summed E-state index contributed by atoms with van der Waals surface area (Å²) in [6.45, 7) is 2.06. The molecule has 2 unspecified atom stereocenters. The normalized spacial score (nSPS) is 21.5. The summed E-state index contributed by atoms with van der Waals surface area (Å²) in [6.07, 6.45) is 2.76. The smallest absolute Gasteiger partial charge is 0.228 e. The fraction of sp³-hybridized carbons (Fsp3) is 0.316. The Morgan fingerprint density at radius 3 is 2.78 bits per heavy atom. The minimum Gasteiger partial charge on any atom is -0.490 e. The lowest BCUT2D eigenvalue weighted by atomic mass is 10.0. The van der Waals surface area contributed by atoms with Crippen LogP contribution in [-0.4, -0.2) is 12.0 Å². The molecule has 2 aromatic rings. The lowest BCUT2D eigenvalue weighted by Gasteiger charge is -2.11. The lowest BCUT2D eigenvalue weighted by Crippen LogP contribution is -2.23. The Kier molecular flexibility index (Phi) is 3.64. The summed E-state index contributed by atoms with van der Waals surface area (Å²) in [7, 11) is 0. The van der Waals surface area contributed by atoms with Crippen LogP contribution in [-0.2, 0) is 24.1 Å². The Balaban J connectivity index is 1.46. The average Bonchev–Trinajstić information content (AvgIpc) is 3.08. The van der Waals surface area contributed by atoms with Gasteiger partial charge < -0.3 is 10.1 Å². The van der Waals surface area contributed by atoms with E-state index in [1.807, 2.05) is 24.3 Å². The van der Waals surface area contributed by atoms with E-state index >= 15 is 0 Å². The van der Waals surface area contributed by atoms with Crippen LogP contribution in [0.1, 0.15) is 23.6 Å². The Bertz CT molecular complexity index is 787. The van der Waals surface area contributed by atoms with E-state index in [1.54, 1.807) is 0 Å². The van der Waals surface area contributed by atoms with Gasteiger partial charge in [0.1, 0.15) is 11.9 Å². The van der Waals surface area contributed by atoms with Crippen LogP contribution in [0.25, 0.3) is 0 Å². The molecule has 118 valence electrons. The minimum atomic E-state index is 0.0164. The molecule has 2 aliphatic rings. The van der Waals surface area contributed by atoms with Gasteiger partial charge in [0, 0.05) is 22.5 Å². The number of benzene rings is 2. The van der Waals surface area contributed by atoms with Gasteiger partial charge in [0.05, 0.1) is 0 Å². The highest BCUT2D eigenvalue weighted by atomic mass is 79.9. The molecule has 3 nitrogen and oxygen atoms in total. The monoisotopic (exact) mass is 371 g/mol. The largest absolute Gasteiger partial charge is 0.490 e. The molecule has 1 heterocycles. The molecular weight excluding hydrogens is 354 g/mol. The van der Waals surface area contributed by atoms with Crippen molar-refractivity contribution < 1.29 is 9.53 Å². The van der Waals surface area contributed by atoms with Crippen molar-refractivity contribution in [2.45, 2.75) is 32.3 Å². The van der Waals surface area contributed by atoms with Crippen molar-refractivity contribution in [3.05, 3.63) is 57.6 Å². The molecule has 4 rings (SSSR count). The number of nitrogens with one attached hydrogen (secondary N) is 1. The molecule has 0 spiro atoms. The van der Waals surface area contributed by atoms with Crippen LogP contribution >= 0.6 is 15.9 Å². The van der Waals surface area contributed by atoms with Crippen molar-refractivity contribution in [2.75, 3.05) is 5.32 Å². The van der Waals surface area contributed by atoms with Gasteiger partial charge in [-0.3, -0.25) is 4.79 Å². The maximum absolute atomic E-state index is 12.6. The first kappa shape index (κ1) is 14.8. The number of hydrogen-bond donors (Lipinski definition) is 1. The average molecular weight is 372 g/mol. The third-order valence-corrected chi connectivity index (χ3v) is 5.13. The molecule has 2 atom stereocenters. The van der Waals surface area contributed by atoms with Gasteiger partial charge in [-0.05, 0) is 66.8 Å². The van der Waals surface area contributed by atoms with Gasteiger partial charge in [0.2, 0.25) is 5.91 Å². The van der Waals surface area contributed by atoms with Crippen molar-refractivity contribution in [1.29, 1.82) is 0 Å². The topological polar surface area (TPSA) is 38.3 Å². The van der Waals surface area contributed by atoms with E-state index in [4.69, 9.17) is 4.74 Å². The minimum absolute atomic E-state index is 0.0164. The van der Waals surface area contributed by atoms with Gasteiger partial charge in [-0.25, -0.2) is 0 Å². The number of rotatable bonds is 2. The molecule has 0 aromatic heterocycles. The van der Waals surface area contributed by atoms with Gasteiger partial charge in [0.25, 0.3) is 0 Å². The summed E-state index contributed by atoms with van der Waals surface area (Å²) in [5.41, 5.74) is 4.60. The molecule has 0 radical (unpaired) electrons. The van der Waals surface area contributed by atoms with Crippen molar-refractivity contribution in [1.82, 2.24) is 0 Å². The molecule has 1 aliphatic carbocycles. The summed E-state index contributed by atoms with van der Waals surface area (Å²) in [4.78, 5) is 12.6. The number of fused-ring (bicyclic) bond motifs is 2. The first-order chi connectivity index (χ1) is 11.1. The van der Waals surface area contributed by atoms with Crippen LogP contribution in [0.2, 0.25) is 0 Å². The molecule has 23 heavy (non-hydrogen) atoms. The number of carbonyl (C=O) groups is 1. The molecule has 4 heteroatoms. The van der Waals surface area contributed by atoms with Crippen molar-refractivity contribution in [3.63, 3.8) is 0 Å². The van der Waals surface area contributed by atoms with Crippen LogP contribution in [0.4, 0.5) is 5.69 Å². The summed E-state index contributed by atoms with van der Waals surface area (Å²) in [6, 6.07) is 12.2. The third-order valence-electron chi connectivity index (χ3n) is 4.64. The fourth-order valence-electron chi connectivity index (χ4n) is 3.52. The summed E-state index contributed by atoms with van der Waals surface area (Å²) in [5.74, 6) is 1.06. The second kappa shape index (κ2) is 5.68. The first-order valence-corrected chi connectivity index (χ1v) is 8.75. The summed E-state index contributed by atoms with van der Waals surface area (Å²) >= 11 is 3.50. The van der Waals surface area contributed by atoms with Gasteiger partial charge >= 0.3 is 0 Å². The van der Waals surface area contributed by atoms with Crippen LogP contribution in [0.5, 0.6) is 5.75 Å². The van der Waals surface area contributed by atoms with Gasteiger partial charge in [-0.1, -0.05) is 22.0 Å². The number of hydrogen-bond acceptors (Lipinski definition) is 2. The van der Waals surface area contributed by atoms with E-state index < -0.39 is 0 Å². The maximum Gasteiger partial charge on any atom is 0.228 e. The number of carbonyl (C=O) groups excluding carboxylic acids is 1. The predicted molar refractivity (Wildman–Crippen MR) is 93.9 cm³/mol. The number of anilines is 1.